The Bertz CT molecular complexity index is 1210. The number of nitrogens with zero attached hydrogens (tertiary/aromatic N) is 3. The number of hydrogen-bond acceptors (Lipinski definition) is 7. The number of benzene rings is 2. The van der Waals surface area contributed by atoms with Crippen molar-refractivity contribution in [1.82, 2.24) is 15.0 Å². The van der Waals surface area contributed by atoms with Gasteiger partial charge in [0.05, 0.1) is 4.90 Å². The molecule has 4 aromatic rings. The predicted molar refractivity (Wildman–Crippen MR) is 111 cm³/mol. The van der Waals surface area contributed by atoms with Crippen molar-refractivity contribution < 1.29 is 8.42 Å². The van der Waals surface area contributed by atoms with Crippen molar-refractivity contribution in [2.24, 2.45) is 0 Å². The van der Waals surface area contributed by atoms with E-state index in [0.29, 0.717) is 10.8 Å². The third kappa shape index (κ3) is 4.08. The summed E-state index contributed by atoms with van der Waals surface area (Å²) in [6, 6.07) is 16.4. The zero-order valence-corrected chi connectivity index (χ0v) is 16.5. The second kappa shape index (κ2) is 7.49. The summed E-state index contributed by atoms with van der Waals surface area (Å²) < 4.78 is 23.2. The van der Waals surface area contributed by atoms with Gasteiger partial charge in [-0.2, -0.15) is 0 Å². The van der Waals surface area contributed by atoms with Gasteiger partial charge in [-0.15, -0.1) is 11.3 Å². The molecule has 6 nitrogen and oxygen atoms in total. The minimum Gasteiger partial charge on any atom is -0.324 e. The predicted octanol–water partition coefficient (Wildman–Crippen LogP) is 4.41. The van der Waals surface area contributed by atoms with Crippen molar-refractivity contribution >= 4 is 32.8 Å². The van der Waals surface area contributed by atoms with E-state index in [2.05, 4.69) is 20.3 Å². The van der Waals surface area contributed by atoms with E-state index in [4.69, 9.17) is 0 Å². The summed E-state index contributed by atoms with van der Waals surface area (Å²) in [6.45, 7) is 0. The van der Waals surface area contributed by atoms with Gasteiger partial charge in [0.2, 0.25) is 5.95 Å². The number of thiazole rings is 1. The van der Waals surface area contributed by atoms with Crippen molar-refractivity contribution in [2.75, 3.05) is 11.6 Å². The average molecular weight is 409 g/mol. The van der Waals surface area contributed by atoms with Crippen LogP contribution in [0.3, 0.4) is 0 Å². The van der Waals surface area contributed by atoms with Crippen LogP contribution in [0.1, 0.15) is 0 Å². The Morgan fingerprint density at radius 2 is 1.75 bits per heavy atom. The summed E-state index contributed by atoms with van der Waals surface area (Å²) in [5.74, 6) is 0.484. The molecule has 4 rings (SSSR count). The molecule has 0 bridgehead atoms. The monoisotopic (exact) mass is 408 g/mol. The molecule has 0 radical (unpaired) electrons. The lowest BCUT2D eigenvalue weighted by molar-refractivity contribution is 0.602. The molecule has 0 saturated heterocycles. The van der Waals surface area contributed by atoms with E-state index in [9.17, 15) is 8.42 Å². The number of aromatic nitrogens is 3. The Hall–Kier alpha value is -3.10. The number of nitrogens with one attached hydrogen (secondary N) is 1. The quantitative estimate of drug-likeness (QED) is 0.526. The highest BCUT2D eigenvalue weighted by atomic mass is 32.2. The van der Waals surface area contributed by atoms with Crippen LogP contribution in [0.2, 0.25) is 0 Å². The molecule has 0 spiro atoms. The molecular formula is C20H16N4O2S2. The van der Waals surface area contributed by atoms with Crippen molar-refractivity contribution in [3.05, 3.63) is 72.4 Å². The molecule has 0 aliphatic carbocycles. The Kier molecular flexibility index (Phi) is 4.89. The van der Waals surface area contributed by atoms with Crippen molar-refractivity contribution in [3.8, 4) is 21.8 Å². The van der Waals surface area contributed by atoms with Gasteiger partial charge in [0.25, 0.3) is 0 Å². The van der Waals surface area contributed by atoms with E-state index in [-0.39, 0.29) is 0 Å². The van der Waals surface area contributed by atoms with Crippen LogP contribution in [0.4, 0.5) is 11.6 Å². The van der Waals surface area contributed by atoms with Crippen molar-refractivity contribution in [2.45, 2.75) is 4.90 Å². The highest BCUT2D eigenvalue weighted by Crippen LogP contribution is 2.26. The Morgan fingerprint density at radius 3 is 2.46 bits per heavy atom. The molecule has 0 unspecified atom stereocenters. The number of hydrogen-bond donors (Lipinski definition) is 1. The number of rotatable bonds is 5. The van der Waals surface area contributed by atoms with Gasteiger partial charge >= 0.3 is 0 Å². The molecule has 0 aliphatic rings. The van der Waals surface area contributed by atoms with Gasteiger partial charge in [0.1, 0.15) is 10.7 Å². The van der Waals surface area contributed by atoms with Gasteiger partial charge in [-0.25, -0.2) is 23.4 Å². The first-order valence-electron chi connectivity index (χ1n) is 8.39. The van der Waals surface area contributed by atoms with Crippen LogP contribution in [0.15, 0.2) is 77.3 Å². The van der Waals surface area contributed by atoms with Gasteiger partial charge in [-0.05, 0) is 41.5 Å². The first-order valence-corrected chi connectivity index (χ1v) is 11.2. The topological polar surface area (TPSA) is 84.8 Å². The molecule has 0 amide bonds. The standard InChI is InChI=1S/C20H16N4O2S2/c1-28(25,26)17-7-5-14(6-8-17)15-3-2-4-16(13-15)23-20-22-10-9-18(24-20)19-21-11-12-27-19/h2-13H,1H3,(H,22,23,24). The van der Waals surface area contributed by atoms with Gasteiger partial charge in [-0.3, -0.25) is 0 Å². The second-order valence-corrected chi connectivity index (χ2v) is 9.02. The van der Waals surface area contributed by atoms with Crippen LogP contribution < -0.4 is 5.32 Å². The van der Waals surface area contributed by atoms with Gasteiger partial charge in [0.15, 0.2) is 9.84 Å². The normalized spacial score (nSPS) is 11.3. The van der Waals surface area contributed by atoms with E-state index in [1.165, 1.54) is 17.6 Å². The molecule has 2 aromatic carbocycles. The molecule has 2 aromatic heterocycles. The molecule has 0 aliphatic heterocycles. The van der Waals surface area contributed by atoms with Gasteiger partial charge in [0, 0.05) is 29.7 Å². The molecule has 1 N–H and O–H groups in total. The third-order valence-corrected chi connectivity index (χ3v) is 5.97. The van der Waals surface area contributed by atoms with E-state index in [0.717, 1.165) is 27.5 Å². The lowest BCUT2D eigenvalue weighted by Crippen LogP contribution is -1.98. The zero-order chi connectivity index (χ0) is 19.6. The first-order chi connectivity index (χ1) is 13.5. The molecule has 2 heterocycles. The minimum absolute atomic E-state index is 0.304. The van der Waals surface area contributed by atoms with Crippen LogP contribution in [-0.2, 0) is 9.84 Å². The molecule has 0 atom stereocenters. The minimum atomic E-state index is -3.21. The fourth-order valence-electron chi connectivity index (χ4n) is 2.69. The van der Waals surface area contributed by atoms with Crippen LogP contribution in [0.25, 0.3) is 21.8 Å². The van der Waals surface area contributed by atoms with Gasteiger partial charge in [-0.1, -0.05) is 24.3 Å². The van der Waals surface area contributed by atoms with E-state index < -0.39 is 9.84 Å². The maximum atomic E-state index is 11.6. The van der Waals surface area contributed by atoms with Gasteiger partial charge < -0.3 is 5.32 Å². The van der Waals surface area contributed by atoms with Crippen LogP contribution in [0, 0.1) is 0 Å². The average Bonchev–Trinajstić information content (AvgIpc) is 3.23. The highest BCUT2D eigenvalue weighted by molar-refractivity contribution is 7.90. The Balaban J connectivity index is 1.59. The summed E-state index contributed by atoms with van der Waals surface area (Å²) in [5, 5.41) is 5.95. The number of sulfone groups is 1. The molecular weight excluding hydrogens is 392 g/mol. The largest absolute Gasteiger partial charge is 0.324 e. The van der Waals surface area contributed by atoms with Crippen molar-refractivity contribution in [1.29, 1.82) is 0 Å². The first kappa shape index (κ1) is 18.3. The van der Waals surface area contributed by atoms with E-state index in [1.807, 2.05) is 35.7 Å². The smallest absolute Gasteiger partial charge is 0.227 e. The van der Waals surface area contributed by atoms with E-state index in [1.54, 1.807) is 36.7 Å². The molecule has 140 valence electrons. The fourth-order valence-corrected chi connectivity index (χ4v) is 3.93. The van der Waals surface area contributed by atoms with E-state index >= 15 is 0 Å². The summed E-state index contributed by atoms with van der Waals surface area (Å²) >= 11 is 1.52. The third-order valence-electron chi connectivity index (χ3n) is 4.04. The van der Waals surface area contributed by atoms with Crippen LogP contribution in [0.5, 0.6) is 0 Å². The maximum Gasteiger partial charge on any atom is 0.227 e. The fraction of sp³-hybridized carbons (Fsp3) is 0.0500. The van der Waals surface area contributed by atoms with Crippen LogP contribution >= 0.6 is 11.3 Å². The summed E-state index contributed by atoms with van der Waals surface area (Å²) in [7, 11) is -3.21. The van der Waals surface area contributed by atoms with Crippen LogP contribution in [-0.4, -0.2) is 29.6 Å². The zero-order valence-electron chi connectivity index (χ0n) is 14.9. The Morgan fingerprint density at radius 1 is 0.929 bits per heavy atom. The lowest BCUT2D eigenvalue weighted by Gasteiger charge is -2.08. The molecule has 0 fully saturated rings. The molecule has 28 heavy (non-hydrogen) atoms. The second-order valence-electron chi connectivity index (χ2n) is 6.11. The molecule has 8 heteroatoms. The number of anilines is 2. The maximum absolute atomic E-state index is 11.6. The Labute approximate surface area is 166 Å². The molecule has 0 saturated carbocycles. The summed E-state index contributed by atoms with van der Waals surface area (Å²) in [4.78, 5) is 13.4. The summed E-state index contributed by atoms with van der Waals surface area (Å²) in [5.41, 5.74) is 3.48. The van der Waals surface area contributed by atoms with Crippen molar-refractivity contribution in [3.63, 3.8) is 0 Å². The SMILES string of the molecule is CS(=O)(=O)c1ccc(-c2cccc(Nc3nccc(-c4nccs4)n3)c2)cc1. The lowest BCUT2D eigenvalue weighted by atomic mass is 10.1. The summed E-state index contributed by atoms with van der Waals surface area (Å²) in [6.07, 6.45) is 4.64. The highest BCUT2D eigenvalue weighted by Gasteiger charge is 2.08.